The van der Waals surface area contributed by atoms with Crippen molar-refractivity contribution >= 4 is 23.4 Å². The highest BCUT2D eigenvalue weighted by Crippen LogP contribution is 2.43. The average molecular weight is 554 g/mol. The number of aliphatic hydroxyl groups is 1. The molecule has 0 bridgehead atoms. The van der Waals surface area contributed by atoms with Gasteiger partial charge in [0.2, 0.25) is 5.91 Å². The van der Waals surface area contributed by atoms with Gasteiger partial charge >= 0.3 is 0 Å². The molecular formula is C33H35N3O3S. The number of carbonyl (C=O) groups is 1. The van der Waals surface area contributed by atoms with E-state index in [1.54, 1.807) is 11.8 Å². The van der Waals surface area contributed by atoms with Crippen molar-refractivity contribution in [1.82, 2.24) is 9.80 Å². The molecule has 3 aromatic carbocycles. The number of rotatable bonds is 9. The number of nitrogens with zero attached hydrogens (tertiary/aromatic N) is 3. The first-order valence-electron chi connectivity index (χ1n) is 14.0. The van der Waals surface area contributed by atoms with Crippen LogP contribution in [-0.2, 0) is 22.4 Å². The molecule has 3 aliphatic rings. The fraction of sp³-hybridized carbons (Fsp3) is 0.333. The van der Waals surface area contributed by atoms with Gasteiger partial charge in [-0.1, -0.05) is 78.9 Å². The standard InChI is InChI=1S/C33H35N3O3S/c37-32-28-23-30(35-18-20-39-21-19-35)29(22-26-12-6-2-7-13-26)34-33(28,38)31(24-40-27-14-8-3-9-15-27)36(32)17-16-25-10-4-1-5-11-25/h1-15,23,28,31,38H,16-22,24H2. The lowest BCUT2D eigenvalue weighted by atomic mass is 9.88. The van der Waals surface area contributed by atoms with E-state index in [1.807, 2.05) is 65.6 Å². The number of morpholine rings is 1. The van der Waals surface area contributed by atoms with E-state index in [0.717, 1.165) is 41.4 Å². The molecule has 7 heteroatoms. The highest BCUT2D eigenvalue weighted by atomic mass is 32.2. The van der Waals surface area contributed by atoms with Crippen molar-refractivity contribution in [2.24, 2.45) is 10.9 Å². The van der Waals surface area contributed by atoms with Crippen LogP contribution in [0.25, 0.3) is 0 Å². The summed E-state index contributed by atoms with van der Waals surface area (Å²) in [5.41, 5.74) is 2.55. The van der Waals surface area contributed by atoms with Crippen LogP contribution in [0.5, 0.6) is 0 Å². The first-order chi connectivity index (χ1) is 19.6. The molecule has 3 aromatic rings. The number of dihydropyridines is 1. The number of aliphatic imine (C=N–C) groups is 1. The van der Waals surface area contributed by atoms with Crippen molar-refractivity contribution in [3.05, 3.63) is 114 Å². The molecule has 0 spiro atoms. The van der Waals surface area contributed by atoms with Crippen LogP contribution in [0.3, 0.4) is 0 Å². The number of carbonyl (C=O) groups excluding carboxylic acids is 1. The van der Waals surface area contributed by atoms with Gasteiger partial charge in [-0.05, 0) is 35.8 Å². The minimum absolute atomic E-state index is 0.0506. The summed E-state index contributed by atoms with van der Waals surface area (Å²) in [6.07, 6.45) is 3.32. The molecule has 1 N–H and O–H groups in total. The van der Waals surface area contributed by atoms with Gasteiger partial charge in [0.25, 0.3) is 0 Å². The van der Waals surface area contributed by atoms with Gasteiger partial charge in [0, 0.05) is 36.7 Å². The lowest BCUT2D eigenvalue weighted by Gasteiger charge is -2.39. The van der Waals surface area contributed by atoms with Crippen molar-refractivity contribution in [1.29, 1.82) is 0 Å². The van der Waals surface area contributed by atoms with Gasteiger partial charge in [-0.25, -0.2) is 4.99 Å². The van der Waals surface area contributed by atoms with Crippen molar-refractivity contribution in [3.8, 4) is 0 Å². The van der Waals surface area contributed by atoms with Gasteiger partial charge in [-0.2, -0.15) is 0 Å². The molecule has 2 fully saturated rings. The monoisotopic (exact) mass is 553 g/mol. The molecule has 3 heterocycles. The fourth-order valence-electron chi connectivity index (χ4n) is 5.89. The molecule has 0 radical (unpaired) electrons. The summed E-state index contributed by atoms with van der Waals surface area (Å²) in [6.45, 7) is 3.29. The van der Waals surface area contributed by atoms with Crippen LogP contribution in [0.1, 0.15) is 11.1 Å². The average Bonchev–Trinajstić information content (AvgIpc) is 3.21. The Morgan fingerprint density at radius 2 is 1.52 bits per heavy atom. The normalized spacial score (nSPS) is 24.5. The van der Waals surface area contributed by atoms with Crippen LogP contribution in [0.4, 0.5) is 0 Å². The number of thioether (sulfide) groups is 1. The maximum Gasteiger partial charge on any atom is 0.235 e. The third-order valence-electron chi connectivity index (χ3n) is 8.01. The summed E-state index contributed by atoms with van der Waals surface area (Å²) in [7, 11) is 0. The van der Waals surface area contributed by atoms with Gasteiger partial charge in [0.15, 0.2) is 5.72 Å². The van der Waals surface area contributed by atoms with Gasteiger partial charge in [0.05, 0.1) is 30.7 Å². The molecule has 0 saturated carbocycles. The SMILES string of the molecule is O=C1C2C=C(N3CCOCC3)C(Cc3ccccc3)=NC2(O)C(CSc2ccccc2)N1CCc1ccccc1. The molecule has 1 amide bonds. The summed E-state index contributed by atoms with van der Waals surface area (Å²) in [4.78, 5) is 24.5. The summed E-state index contributed by atoms with van der Waals surface area (Å²) in [5, 5.41) is 12.4. The van der Waals surface area contributed by atoms with Gasteiger partial charge in [-0.3, -0.25) is 4.79 Å². The van der Waals surface area contributed by atoms with Crippen LogP contribution in [0, 0.1) is 5.92 Å². The molecular weight excluding hydrogens is 518 g/mol. The number of fused-ring (bicyclic) bond motifs is 1. The van der Waals surface area contributed by atoms with Gasteiger partial charge < -0.3 is 19.6 Å². The highest BCUT2D eigenvalue weighted by molar-refractivity contribution is 7.99. The topological polar surface area (TPSA) is 65.4 Å². The van der Waals surface area contributed by atoms with E-state index in [0.29, 0.717) is 31.9 Å². The second-order valence-corrected chi connectivity index (χ2v) is 11.6. The van der Waals surface area contributed by atoms with Crippen LogP contribution in [-0.4, -0.2) is 76.9 Å². The molecule has 3 atom stereocenters. The summed E-state index contributed by atoms with van der Waals surface area (Å²) in [6, 6.07) is 30.2. The zero-order valence-electron chi connectivity index (χ0n) is 22.6. The Bertz CT molecular complexity index is 1360. The van der Waals surface area contributed by atoms with Gasteiger partial charge in [0.1, 0.15) is 5.92 Å². The number of hydrogen-bond donors (Lipinski definition) is 1. The Morgan fingerprint density at radius 3 is 2.20 bits per heavy atom. The van der Waals surface area contributed by atoms with E-state index in [-0.39, 0.29) is 5.91 Å². The van der Waals surface area contributed by atoms with E-state index in [1.165, 1.54) is 5.56 Å². The number of allylic oxidation sites excluding steroid dienone is 1. The molecule has 40 heavy (non-hydrogen) atoms. The van der Waals surface area contributed by atoms with E-state index in [4.69, 9.17) is 9.73 Å². The number of ether oxygens (including phenoxy) is 1. The lowest BCUT2D eigenvalue weighted by Crippen LogP contribution is -2.51. The molecule has 3 aliphatic heterocycles. The number of hydrogen-bond acceptors (Lipinski definition) is 6. The van der Waals surface area contributed by atoms with Crippen LogP contribution in [0.2, 0.25) is 0 Å². The Kier molecular flexibility index (Phi) is 8.05. The van der Waals surface area contributed by atoms with E-state index in [2.05, 4.69) is 41.3 Å². The smallest absolute Gasteiger partial charge is 0.235 e. The first-order valence-corrected chi connectivity index (χ1v) is 15.0. The molecule has 3 unspecified atom stereocenters. The Balaban J connectivity index is 1.36. The molecule has 2 saturated heterocycles. The summed E-state index contributed by atoms with van der Waals surface area (Å²) < 4.78 is 5.62. The molecule has 0 aliphatic carbocycles. The Labute approximate surface area is 240 Å². The third-order valence-corrected chi connectivity index (χ3v) is 9.10. The van der Waals surface area contributed by atoms with Crippen LogP contribution in [0.15, 0.2) is 113 Å². The second-order valence-electron chi connectivity index (χ2n) is 10.5. The zero-order valence-corrected chi connectivity index (χ0v) is 23.4. The Hall–Kier alpha value is -3.39. The Morgan fingerprint density at radius 1 is 0.900 bits per heavy atom. The largest absolute Gasteiger partial charge is 0.378 e. The van der Waals surface area contributed by atoms with Crippen molar-refractivity contribution < 1.29 is 14.6 Å². The lowest BCUT2D eigenvalue weighted by molar-refractivity contribution is -0.131. The van der Waals surface area contributed by atoms with E-state index < -0.39 is 17.7 Å². The summed E-state index contributed by atoms with van der Waals surface area (Å²) in [5.74, 6) is -0.215. The molecule has 6 nitrogen and oxygen atoms in total. The molecule has 206 valence electrons. The van der Waals surface area contributed by atoms with Crippen LogP contribution < -0.4 is 0 Å². The van der Waals surface area contributed by atoms with E-state index in [9.17, 15) is 9.90 Å². The van der Waals surface area contributed by atoms with Crippen molar-refractivity contribution in [2.45, 2.75) is 29.5 Å². The van der Waals surface area contributed by atoms with Crippen LogP contribution >= 0.6 is 11.8 Å². The maximum atomic E-state index is 14.1. The quantitative estimate of drug-likeness (QED) is 0.397. The van der Waals surface area contributed by atoms with Gasteiger partial charge in [-0.15, -0.1) is 11.8 Å². The molecule has 6 rings (SSSR count). The zero-order chi connectivity index (χ0) is 27.4. The third kappa shape index (κ3) is 5.59. The van der Waals surface area contributed by atoms with Crippen molar-refractivity contribution in [3.63, 3.8) is 0 Å². The molecule has 0 aromatic heterocycles. The first kappa shape index (κ1) is 26.8. The van der Waals surface area contributed by atoms with Crippen molar-refractivity contribution in [2.75, 3.05) is 38.6 Å². The second kappa shape index (κ2) is 12.0. The number of amides is 1. The fourth-order valence-corrected chi connectivity index (χ4v) is 7.02. The summed E-state index contributed by atoms with van der Waals surface area (Å²) >= 11 is 1.66. The number of benzene rings is 3. The minimum Gasteiger partial charge on any atom is -0.378 e. The predicted octanol–water partition coefficient (Wildman–Crippen LogP) is 4.45. The minimum atomic E-state index is -1.53. The van der Waals surface area contributed by atoms with E-state index >= 15 is 0 Å². The predicted molar refractivity (Wildman–Crippen MR) is 159 cm³/mol. The number of likely N-dealkylation sites (tertiary alicyclic amines) is 1. The highest BCUT2D eigenvalue weighted by Gasteiger charge is 2.59. The maximum absolute atomic E-state index is 14.1.